The summed E-state index contributed by atoms with van der Waals surface area (Å²) in [6.45, 7) is 6.62. The minimum atomic E-state index is -1.16. The maximum Gasteiger partial charge on any atom is 0.326 e. The normalized spacial score (nSPS) is 15.1. The number of aliphatic carboxylic acids is 1. The van der Waals surface area contributed by atoms with Crippen LogP contribution in [-0.2, 0) is 25.6 Å². The zero-order valence-corrected chi connectivity index (χ0v) is 17.1. The summed E-state index contributed by atoms with van der Waals surface area (Å²) < 4.78 is 0. The van der Waals surface area contributed by atoms with Gasteiger partial charge in [-0.25, -0.2) is 9.78 Å². The van der Waals surface area contributed by atoms with Crippen LogP contribution in [0.1, 0.15) is 39.8 Å². The molecule has 0 aliphatic carbocycles. The molecule has 1 aromatic rings. The number of imidazole rings is 1. The lowest BCUT2D eigenvalue weighted by atomic mass is 10.0. The topological polar surface area (TPSA) is 179 Å². The number of H-pyrrole nitrogens is 1. The molecule has 11 heteroatoms. The van der Waals surface area contributed by atoms with Crippen LogP contribution in [0, 0.1) is 5.92 Å². The Bertz CT molecular complexity index is 704. The van der Waals surface area contributed by atoms with Crippen molar-refractivity contribution in [1.82, 2.24) is 25.9 Å². The maximum atomic E-state index is 12.7. The number of hydrogen-bond donors (Lipinski definition) is 6. The van der Waals surface area contributed by atoms with Gasteiger partial charge in [0.15, 0.2) is 0 Å². The van der Waals surface area contributed by atoms with Gasteiger partial charge in [0.25, 0.3) is 0 Å². The molecule has 1 heterocycles. The lowest BCUT2D eigenvalue weighted by Gasteiger charge is -2.24. The van der Waals surface area contributed by atoms with Crippen molar-refractivity contribution in [3.05, 3.63) is 18.2 Å². The van der Waals surface area contributed by atoms with Crippen molar-refractivity contribution in [2.75, 3.05) is 0 Å². The highest BCUT2D eigenvalue weighted by molar-refractivity contribution is 5.93. The second-order valence-electron chi connectivity index (χ2n) is 7.39. The average Bonchev–Trinajstić information content (AvgIpc) is 3.12. The lowest BCUT2D eigenvalue weighted by molar-refractivity contribution is -0.142. The SMILES string of the molecule is CC(C)CC(NC(=O)C(Cc1cnc[nH]1)NC(=O)C(C)NC(=O)C(C)N)C(=O)O. The van der Waals surface area contributed by atoms with E-state index in [-0.39, 0.29) is 18.8 Å². The van der Waals surface area contributed by atoms with Crippen LogP contribution in [0.3, 0.4) is 0 Å². The second-order valence-corrected chi connectivity index (χ2v) is 7.39. The van der Waals surface area contributed by atoms with Crippen LogP contribution in [0.15, 0.2) is 12.5 Å². The summed E-state index contributed by atoms with van der Waals surface area (Å²) in [4.78, 5) is 55.0. The van der Waals surface area contributed by atoms with Crippen molar-refractivity contribution < 1.29 is 24.3 Å². The number of carbonyl (C=O) groups is 4. The molecule has 4 unspecified atom stereocenters. The summed E-state index contributed by atoms with van der Waals surface area (Å²) >= 11 is 0. The van der Waals surface area contributed by atoms with Crippen LogP contribution in [0.2, 0.25) is 0 Å². The van der Waals surface area contributed by atoms with Gasteiger partial charge in [-0.05, 0) is 26.2 Å². The maximum absolute atomic E-state index is 12.7. The molecule has 0 bridgehead atoms. The number of carbonyl (C=O) groups excluding carboxylic acids is 3. The van der Waals surface area contributed by atoms with E-state index in [0.29, 0.717) is 5.69 Å². The molecule has 1 aromatic heterocycles. The molecule has 0 aromatic carbocycles. The van der Waals surface area contributed by atoms with Crippen LogP contribution in [0.4, 0.5) is 0 Å². The van der Waals surface area contributed by atoms with Gasteiger partial charge in [0.1, 0.15) is 18.1 Å². The summed E-state index contributed by atoms with van der Waals surface area (Å²) in [5.41, 5.74) is 6.05. The quantitative estimate of drug-likeness (QED) is 0.268. The number of nitrogens with one attached hydrogen (secondary N) is 4. The van der Waals surface area contributed by atoms with E-state index in [1.807, 2.05) is 13.8 Å². The van der Waals surface area contributed by atoms with Crippen molar-refractivity contribution in [2.45, 2.75) is 64.7 Å². The van der Waals surface area contributed by atoms with E-state index < -0.39 is 47.9 Å². The molecule has 162 valence electrons. The van der Waals surface area contributed by atoms with Gasteiger partial charge in [-0.2, -0.15) is 0 Å². The predicted octanol–water partition coefficient (Wildman–Crippen LogP) is -1.10. The number of rotatable bonds is 11. The van der Waals surface area contributed by atoms with Crippen LogP contribution >= 0.6 is 0 Å². The molecule has 3 amide bonds. The third-order valence-electron chi connectivity index (χ3n) is 4.10. The summed E-state index contributed by atoms with van der Waals surface area (Å²) in [6.07, 6.45) is 3.24. The highest BCUT2D eigenvalue weighted by Gasteiger charge is 2.29. The molecular weight excluding hydrogens is 380 g/mol. The molecule has 0 radical (unpaired) electrons. The molecule has 0 saturated heterocycles. The first-order valence-electron chi connectivity index (χ1n) is 9.38. The third kappa shape index (κ3) is 8.30. The summed E-state index contributed by atoms with van der Waals surface area (Å²) in [5, 5.41) is 16.8. The van der Waals surface area contributed by atoms with Crippen LogP contribution in [-0.4, -0.2) is 62.9 Å². The Hall–Kier alpha value is -2.95. The highest BCUT2D eigenvalue weighted by atomic mass is 16.4. The molecule has 4 atom stereocenters. The predicted molar refractivity (Wildman–Crippen MR) is 104 cm³/mol. The van der Waals surface area contributed by atoms with Gasteiger partial charge in [-0.1, -0.05) is 13.8 Å². The molecule has 0 spiro atoms. The molecule has 0 aliphatic heterocycles. The fourth-order valence-corrected chi connectivity index (χ4v) is 2.50. The van der Waals surface area contributed by atoms with Crippen molar-refractivity contribution in [3.63, 3.8) is 0 Å². The largest absolute Gasteiger partial charge is 0.480 e. The number of carboxylic acid groups (broad SMARTS) is 1. The van der Waals surface area contributed by atoms with E-state index in [1.165, 1.54) is 26.4 Å². The van der Waals surface area contributed by atoms with E-state index >= 15 is 0 Å². The third-order valence-corrected chi connectivity index (χ3v) is 4.10. The molecular formula is C18H30N6O5. The number of nitrogens with two attached hydrogens (primary N) is 1. The van der Waals surface area contributed by atoms with E-state index in [4.69, 9.17) is 5.73 Å². The first-order chi connectivity index (χ1) is 13.5. The molecule has 0 saturated carbocycles. The number of aromatic nitrogens is 2. The van der Waals surface area contributed by atoms with Crippen LogP contribution < -0.4 is 21.7 Å². The first kappa shape index (κ1) is 24.1. The van der Waals surface area contributed by atoms with E-state index in [2.05, 4.69) is 25.9 Å². The Morgan fingerprint density at radius 3 is 2.14 bits per heavy atom. The lowest BCUT2D eigenvalue weighted by Crippen LogP contribution is -2.56. The molecule has 11 nitrogen and oxygen atoms in total. The number of hydrogen-bond acceptors (Lipinski definition) is 6. The standard InChI is InChI=1S/C18H30N6O5/c1-9(2)5-14(18(28)29)24-17(27)13(6-12-7-20-8-21-12)23-16(26)11(4)22-15(25)10(3)19/h7-11,13-14H,5-6,19H2,1-4H3,(H,20,21)(H,22,25)(H,23,26)(H,24,27)(H,28,29). The van der Waals surface area contributed by atoms with Gasteiger partial charge < -0.3 is 31.8 Å². The Balaban J connectivity index is 2.89. The number of amides is 3. The van der Waals surface area contributed by atoms with Gasteiger partial charge in [-0.15, -0.1) is 0 Å². The van der Waals surface area contributed by atoms with Gasteiger partial charge >= 0.3 is 5.97 Å². The molecule has 7 N–H and O–H groups in total. The monoisotopic (exact) mass is 410 g/mol. The minimum absolute atomic E-state index is 0.0468. The van der Waals surface area contributed by atoms with Crippen molar-refractivity contribution >= 4 is 23.7 Å². The Morgan fingerprint density at radius 2 is 1.66 bits per heavy atom. The van der Waals surface area contributed by atoms with Crippen molar-refractivity contribution in [3.8, 4) is 0 Å². The first-order valence-corrected chi connectivity index (χ1v) is 9.38. The minimum Gasteiger partial charge on any atom is -0.480 e. The molecule has 0 fully saturated rings. The summed E-state index contributed by atoms with van der Waals surface area (Å²) in [6, 6.07) is -3.87. The van der Waals surface area contributed by atoms with Crippen molar-refractivity contribution in [2.24, 2.45) is 11.7 Å². The number of aromatic amines is 1. The number of carboxylic acids is 1. The highest BCUT2D eigenvalue weighted by Crippen LogP contribution is 2.07. The van der Waals surface area contributed by atoms with Crippen LogP contribution in [0.5, 0.6) is 0 Å². The fourth-order valence-electron chi connectivity index (χ4n) is 2.50. The molecule has 29 heavy (non-hydrogen) atoms. The Labute approximate surface area is 169 Å². The van der Waals surface area contributed by atoms with E-state index in [1.54, 1.807) is 0 Å². The average molecular weight is 410 g/mol. The summed E-state index contributed by atoms with van der Waals surface area (Å²) in [5.74, 6) is -2.87. The van der Waals surface area contributed by atoms with Gasteiger partial charge in [0.05, 0.1) is 12.4 Å². The van der Waals surface area contributed by atoms with Gasteiger partial charge in [0, 0.05) is 18.3 Å². The summed E-state index contributed by atoms with van der Waals surface area (Å²) in [7, 11) is 0. The zero-order chi connectivity index (χ0) is 22.1. The fraction of sp³-hybridized carbons (Fsp3) is 0.611. The van der Waals surface area contributed by atoms with Gasteiger partial charge in [0.2, 0.25) is 17.7 Å². The smallest absolute Gasteiger partial charge is 0.326 e. The molecule has 0 aliphatic rings. The molecule has 1 rings (SSSR count). The van der Waals surface area contributed by atoms with Gasteiger partial charge in [-0.3, -0.25) is 14.4 Å². The van der Waals surface area contributed by atoms with Crippen molar-refractivity contribution in [1.29, 1.82) is 0 Å². The number of nitrogens with zero attached hydrogens (tertiary/aromatic N) is 1. The van der Waals surface area contributed by atoms with E-state index in [9.17, 15) is 24.3 Å². The Morgan fingerprint density at radius 1 is 1.03 bits per heavy atom. The Kier molecular flexibility index (Phi) is 9.26. The zero-order valence-electron chi connectivity index (χ0n) is 17.1. The van der Waals surface area contributed by atoms with Crippen LogP contribution in [0.25, 0.3) is 0 Å². The second kappa shape index (κ2) is 11.1. The van der Waals surface area contributed by atoms with E-state index in [0.717, 1.165) is 0 Å².